The van der Waals surface area contributed by atoms with Crippen molar-refractivity contribution in [3.8, 4) is 0 Å². The molecule has 2 heterocycles. The minimum absolute atomic E-state index is 0.282. The lowest BCUT2D eigenvalue weighted by molar-refractivity contribution is -0.138. The van der Waals surface area contributed by atoms with Crippen molar-refractivity contribution in [3.05, 3.63) is 12.4 Å². The Labute approximate surface area is 110 Å². The summed E-state index contributed by atoms with van der Waals surface area (Å²) in [5.74, 6) is -1.00. The van der Waals surface area contributed by atoms with Crippen LogP contribution < -0.4 is 0 Å². The number of hydrogen-bond acceptors (Lipinski definition) is 8. The first-order valence-electron chi connectivity index (χ1n) is 4.71. The lowest BCUT2D eigenvalue weighted by atomic mass is 10.7. The third kappa shape index (κ3) is 3.17. The van der Waals surface area contributed by atoms with Gasteiger partial charge in [-0.2, -0.15) is 0 Å². The zero-order valence-corrected chi connectivity index (χ0v) is 10.9. The fourth-order valence-electron chi connectivity index (χ4n) is 1.08. The van der Waals surface area contributed by atoms with E-state index in [2.05, 4.69) is 25.5 Å². The number of thioether (sulfide) groups is 1. The number of tetrazole rings is 1. The Balaban J connectivity index is 2.17. The lowest BCUT2D eigenvalue weighted by Gasteiger charge is -2.01. The number of carboxylic acids is 1. The van der Waals surface area contributed by atoms with Gasteiger partial charge < -0.3 is 5.11 Å². The van der Waals surface area contributed by atoms with Crippen LogP contribution in [-0.4, -0.2) is 47.5 Å². The highest BCUT2D eigenvalue weighted by Crippen LogP contribution is 2.25. The first kappa shape index (κ1) is 12.8. The molecule has 0 atom stereocenters. The number of carbonyl (C=O) groups is 1. The number of aromatic nitrogens is 6. The molecule has 2 aromatic heterocycles. The molecule has 0 spiro atoms. The molecule has 2 aromatic rings. The van der Waals surface area contributed by atoms with Crippen molar-refractivity contribution in [1.29, 1.82) is 0 Å². The Bertz CT molecular complexity index is 560. The molecule has 1 N–H and O–H groups in total. The van der Waals surface area contributed by atoms with Crippen molar-refractivity contribution in [2.45, 2.75) is 21.8 Å². The van der Waals surface area contributed by atoms with Crippen molar-refractivity contribution < 1.29 is 9.90 Å². The molecule has 18 heavy (non-hydrogen) atoms. The quantitative estimate of drug-likeness (QED) is 0.617. The summed E-state index contributed by atoms with van der Waals surface area (Å²) in [7, 11) is 0. The predicted molar refractivity (Wildman–Crippen MR) is 63.4 cm³/mol. The van der Waals surface area contributed by atoms with Gasteiger partial charge in [0.2, 0.25) is 5.16 Å². The maximum Gasteiger partial charge on any atom is 0.325 e. The van der Waals surface area contributed by atoms with E-state index in [0.29, 0.717) is 10.2 Å². The van der Waals surface area contributed by atoms with Crippen molar-refractivity contribution >= 4 is 29.5 Å². The van der Waals surface area contributed by atoms with Gasteiger partial charge in [-0.1, -0.05) is 0 Å². The summed E-state index contributed by atoms with van der Waals surface area (Å²) in [4.78, 5) is 18.7. The molecule has 0 bridgehead atoms. The van der Waals surface area contributed by atoms with Crippen molar-refractivity contribution in [1.82, 2.24) is 30.2 Å². The zero-order valence-electron chi connectivity index (χ0n) is 9.22. The summed E-state index contributed by atoms with van der Waals surface area (Å²) in [6, 6.07) is 1.79. The number of carboxylic acid groups (broad SMARTS) is 1. The Morgan fingerprint density at radius 2 is 2.22 bits per heavy atom. The minimum Gasteiger partial charge on any atom is -0.480 e. The van der Waals surface area contributed by atoms with E-state index in [1.165, 1.54) is 34.5 Å². The zero-order chi connectivity index (χ0) is 13.0. The SMILES string of the molecule is CSc1cc(Sc2nnnn2CC(=O)O)ncn1. The van der Waals surface area contributed by atoms with Gasteiger partial charge in [-0.3, -0.25) is 4.79 Å². The van der Waals surface area contributed by atoms with Gasteiger partial charge >= 0.3 is 5.97 Å². The Morgan fingerprint density at radius 1 is 1.44 bits per heavy atom. The first-order valence-corrected chi connectivity index (χ1v) is 6.75. The molecule has 0 aliphatic carbocycles. The first-order chi connectivity index (χ1) is 8.69. The molecule has 0 radical (unpaired) electrons. The molecule has 0 saturated carbocycles. The maximum absolute atomic E-state index is 10.6. The van der Waals surface area contributed by atoms with Crippen LogP contribution in [0.2, 0.25) is 0 Å². The van der Waals surface area contributed by atoms with E-state index in [1.54, 1.807) is 6.07 Å². The second-order valence-corrected chi connectivity index (χ2v) is 4.83. The highest BCUT2D eigenvalue weighted by Gasteiger charge is 2.12. The van der Waals surface area contributed by atoms with Gasteiger partial charge in [-0.05, 0) is 28.4 Å². The largest absolute Gasteiger partial charge is 0.480 e. The predicted octanol–water partition coefficient (Wildman–Crippen LogP) is 0.421. The Morgan fingerprint density at radius 3 is 2.94 bits per heavy atom. The molecule has 94 valence electrons. The van der Waals surface area contributed by atoms with Crippen LogP contribution in [0.5, 0.6) is 0 Å². The molecular weight excluding hydrogens is 276 g/mol. The average molecular weight is 284 g/mol. The summed E-state index contributed by atoms with van der Waals surface area (Å²) < 4.78 is 1.20. The van der Waals surface area contributed by atoms with Gasteiger partial charge in [0.15, 0.2) is 0 Å². The highest BCUT2D eigenvalue weighted by molar-refractivity contribution is 7.99. The lowest BCUT2D eigenvalue weighted by Crippen LogP contribution is -2.11. The monoisotopic (exact) mass is 284 g/mol. The third-order valence-electron chi connectivity index (χ3n) is 1.81. The van der Waals surface area contributed by atoms with Crippen LogP contribution in [0.15, 0.2) is 27.6 Å². The standard InChI is InChI=1S/C8H8N6O2S2/c1-17-5-2-6(10-4-9-5)18-8-11-12-13-14(8)3-7(15)16/h2,4H,3H2,1H3,(H,15,16). The molecule has 2 rings (SSSR count). The van der Waals surface area contributed by atoms with Crippen LogP contribution in [0, 0.1) is 0 Å². The summed E-state index contributed by atoms with van der Waals surface area (Å²) >= 11 is 2.68. The number of aliphatic carboxylic acids is 1. The van der Waals surface area contributed by atoms with E-state index in [-0.39, 0.29) is 6.54 Å². The molecule has 0 saturated heterocycles. The summed E-state index contributed by atoms with van der Waals surface area (Å²) in [6.07, 6.45) is 3.35. The fraction of sp³-hybridized carbons (Fsp3) is 0.250. The summed E-state index contributed by atoms with van der Waals surface area (Å²) in [5, 5.41) is 21.4. The van der Waals surface area contributed by atoms with Crippen molar-refractivity contribution in [2.75, 3.05) is 6.26 Å². The van der Waals surface area contributed by atoms with Gasteiger partial charge in [0.05, 0.1) is 0 Å². The van der Waals surface area contributed by atoms with Gasteiger partial charge in [-0.15, -0.1) is 16.9 Å². The van der Waals surface area contributed by atoms with E-state index in [4.69, 9.17) is 5.11 Å². The van der Waals surface area contributed by atoms with Crippen molar-refractivity contribution in [2.24, 2.45) is 0 Å². The Kier molecular flexibility index (Phi) is 4.10. The van der Waals surface area contributed by atoms with Crippen LogP contribution in [0.1, 0.15) is 0 Å². The van der Waals surface area contributed by atoms with Crippen LogP contribution >= 0.6 is 23.5 Å². The summed E-state index contributed by atoms with van der Waals surface area (Å²) in [6.45, 7) is -0.282. The van der Waals surface area contributed by atoms with E-state index >= 15 is 0 Å². The second-order valence-electron chi connectivity index (χ2n) is 3.01. The van der Waals surface area contributed by atoms with Crippen LogP contribution in [0.3, 0.4) is 0 Å². The van der Waals surface area contributed by atoms with Crippen LogP contribution in [-0.2, 0) is 11.3 Å². The summed E-state index contributed by atoms with van der Waals surface area (Å²) in [5.41, 5.74) is 0. The molecule has 0 amide bonds. The van der Waals surface area contributed by atoms with Gasteiger partial charge in [0.25, 0.3) is 0 Å². The smallest absolute Gasteiger partial charge is 0.325 e. The average Bonchev–Trinajstić information content (AvgIpc) is 2.76. The molecule has 0 fully saturated rings. The van der Waals surface area contributed by atoms with E-state index < -0.39 is 5.97 Å². The molecule has 0 aliphatic rings. The number of rotatable bonds is 5. The van der Waals surface area contributed by atoms with Gasteiger partial charge in [0.1, 0.15) is 22.9 Å². The van der Waals surface area contributed by atoms with E-state index in [0.717, 1.165) is 5.03 Å². The van der Waals surface area contributed by atoms with Crippen LogP contribution in [0.4, 0.5) is 0 Å². The third-order valence-corrected chi connectivity index (χ3v) is 3.35. The second kappa shape index (κ2) is 5.78. The topological polar surface area (TPSA) is 107 Å². The fourth-order valence-corrected chi connectivity index (χ4v) is 2.28. The van der Waals surface area contributed by atoms with Crippen molar-refractivity contribution in [3.63, 3.8) is 0 Å². The minimum atomic E-state index is -1.00. The molecule has 0 unspecified atom stereocenters. The van der Waals surface area contributed by atoms with Gasteiger partial charge in [0, 0.05) is 6.07 Å². The van der Waals surface area contributed by atoms with Crippen LogP contribution in [0.25, 0.3) is 0 Å². The maximum atomic E-state index is 10.6. The Hall–Kier alpha value is -1.68. The molecule has 8 nitrogen and oxygen atoms in total. The van der Waals surface area contributed by atoms with E-state index in [9.17, 15) is 4.79 Å². The number of hydrogen-bond donors (Lipinski definition) is 1. The van der Waals surface area contributed by atoms with E-state index in [1.807, 2.05) is 6.26 Å². The number of nitrogens with zero attached hydrogens (tertiary/aromatic N) is 6. The normalized spacial score (nSPS) is 10.5. The molecular formula is C8H8N6O2S2. The highest BCUT2D eigenvalue weighted by atomic mass is 32.2. The molecule has 10 heteroatoms. The van der Waals surface area contributed by atoms with Gasteiger partial charge in [-0.25, -0.2) is 14.6 Å². The molecule has 0 aliphatic heterocycles. The molecule has 0 aromatic carbocycles.